The summed E-state index contributed by atoms with van der Waals surface area (Å²) in [6, 6.07) is 4.44. The zero-order valence-electron chi connectivity index (χ0n) is 17.5. The summed E-state index contributed by atoms with van der Waals surface area (Å²) in [6.07, 6.45) is -0.0267. The predicted octanol–water partition coefficient (Wildman–Crippen LogP) is -0.314. The van der Waals surface area contributed by atoms with E-state index < -0.39 is 16.1 Å². The van der Waals surface area contributed by atoms with Gasteiger partial charge in [-0.25, -0.2) is 13.1 Å². The molecule has 0 aromatic heterocycles. The highest BCUT2D eigenvalue weighted by molar-refractivity contribution is 7.89. The maximum absolute atomic E-state index is 12.6. The molecule has 10 nitrogen and oxygen atoms in total. The van der Waals surface area contributed by atoms with Crippen LogP contribution in [0.3, 0.4) is 0 Å². The number of nitrogens with zero attached hydrogens (tertiary/aromatic N) is 2. The smallest absolute Gasteiger partial charge is 0.267 e. The number of morpholine rings is 2. The fraction of sp³-hybridized carbons (Fsp3) is 0.650. The van der Waals surface area contributed by atoms with Gasteiger partial charge >= 0.3 is 0 Å². The summed E-state index contributed by atoms with van der Waals surface area (Å²) in [5.74, 6) is 0.541. The average molecular weight is 456 g/mol. The molecular weight excluding hydrogens is 426 g/mol. The van der Waals surface area contributed by atoms with Gasteiger partial charge in [-0.3, -0.25) is 9.69 Å². The van der Waals surface area contributed by atoms with Crippen LogP contribution < -0.4 is 14.2 Å². The van der Waals surface area contributed by atoms with Gasteiger partial charge in [0.1, 0.15) is 6.61 Å². The van der Waals surface area contributed by atoms with E-state index >= 15 is 0 Å². The quantitative estimate of drug-likeness (QED) is 0.558. The van der Waals surface area contributed by atoms with Gasteiger partial charge in [0.25, 0.3) is 5.91 Å². The molecule has 3 aliphatic heterocycles. The molecule has 31 heavy (non-hydrogen) atoms. The molecule has 1 aromatic carbocycles. The number of ether oxygens (including phenoxy) is 4. The number of fused-ring (bicyclic) bond motifs is 1. The second kappa shape index (κ2) is 10.1. The highest BCUT2D eigenvalue weighted by Gasteiger charge is 2.32. The summed E-state index contributed by atoms with van der Waals surface area (Å²) in [7, 11) is -3.66. The molecule has 0 bridgehead atoms. The summed E-state index contributed by atoms with van der Waals surface area (Å²) >= 11 is 0. The minimum absolute atomic E-state index is 0.0413. The monoisotopic (exact) mass is 455 g/mol. The predicted molar refractivity (Wildman–Crippen MR) is 111 cm³/mol. The van der Waals surface area contributed by atoms with Crippen LogP contribution in [-0.2, 0) is 24.3 Å². The number of hydrogen-bond donors (Lipinski definition) is 1. The molecule has 2 saturated heterocycles. The van der Waals surface area contributed by atoms with Crippen molar-refractivity contribution in [1.82, 2.24) is 14.5 Å². The second-order valence-electron chi connectivity index (χ2n) is 7.67. The first-order valence-electron chi connectivity index (χ1n) is 10.6. The molecule has 2 fully saturated rings. The number of amides is 1. The summed E-state index contributed by atoms with van der Waals surface area (Å²) in [5.41, 5.74) is 0. The Morgan fingerprint density at radius 3 is 2.48 bits per heavy atom. The van der Waals surface area contributed by atoms with Gasteiger partial charge in [0, 0.05) is 38.8 Å². The molecule has 0 aliphatic carbocycles. The zero-order chi connectivity index (χ0) is 21.7. The highest BCUT2D eigenvalue weighted by atomic mass is 32.2. The van der Waals surface area contributed by atoms with Crippen molar-refractivity contribution in [2.24, 2.45) is 0 Å². The lowest BCUT2D eigenvalue weighted by molar-refractivity contribution is -0.145. The van der Waals surface area contributed by atoms with Gasteiger partial charge in [-0.05, 0) is 25.1 Å². The molecule has 1 aromatic rings. The first kappa shape index (κ1) is 22.3. The fourth-order valence-electron chi connectivity index (χ4n) is 3.74. The summed E-state index contributed by atoms with van der Waals surface area (Å²) in [4.78, 5) is 16.7. The lowest BCUT2D eigenvalue weighted by atomic mass is 10.2. The third-order valence-electron chi connectivity index (χ3n) is 5.53. The third-order valence-corrected chi connectivity index (χ3v) is 6.99. The third kappa shape index (κ3) is 5.66. The Bertz CT molecular complexity index is 868. The van der Waals surface area contributed by atoms with Crippen molar-refractivity contribution < 1.29 is 32.2 Å². The van der Waals surface area contributed by atoms with Crippen LogP contribution in [0, 0.1) is 0 Å². The minimum atomic E-state index is -3.66. The number of nitrogens with one attached hydrogen (secondary N) is 1. The minimum Gasteiger partial charge on any atom is -0.485 e. The molecule has 1 unspecified atom stereocenters. The summed E-state index contributed by atoms with van der Waals surface area (Å²) in [6.45, 7) is 6.50. The van der Waals surface area contributed by atoms with Gasteiger partial charge in [-0.1, -0.05) is 0 Å². The number of carbonyl (C=O) groups excluding carboxylic acids is 1. The molecule has 172 valence electrons. The molecule has 3 aliphatic rings. The van der Waals surface area contributed by atoms with Crippen molar-refractivity contribution in [2.75, 3.05) is 72.3 Å². The van der Waals surface area contributed by atoms with Crippen LogP contribution in [-0.4, -0.2) is 103 Å². The Kier molecular flexibility index (Phi) is 7.28. The van der Waals surface area contributed by atoms with Gasteiger partial charge in [0.2, 0.25) is 16.1 Å². The van der Waals surface area contributed by atoms with E-state index in [9.17, 15) is 13.2 Å². The van der Waals surface area contributed by atoms with Crippen molar-refractivity contribution in [3.05, 3.63) is 18.2 Å². The molecule has 0 radical (unpaired) electrons. The lowest BCUT2D eigenvalue weighted by Gasteiger charge is -2.32. The highest BCUT2D eigenvalue weighted by Crippen LogP contribution is 2.34. The summed E-state index contributed by atoms with van der Waals surface area (Å²) < 4.78 is 50.0. The maximum Gasteiger partial charge on any atom is 0.267 e. The fourth-order valence-corrected chi connectivity index (χ4v) is 4.83. The van der Waals surface area contributed by atoms with Crippen LogP contribution in [0.1, 0.15) is 6.42 Å². The molecular formula is C20H29N3O7S. The lowest BCUT2D eigenvalue weighted by Crippen LogP contribution is -2.50. The van der Waals surface area contributed by atoms with E-state index in [4.69, 9.17) is 18.9 Å². The molecule has 1 amide bonds. The van der Waals surface area contributed by atoms with E-state index in [-0.39, 0.29) is 17.4 Å². The van der Waals surface area contributed by atoms with Gasteiger partial charge in [0.05, 0.1) is 31.3 Å². The largest absolute Gasteiger partial charge is 0.485 e. The molecule has 0 spiro atoms. The van der Waals surface area contributed by atoms with Crippen LogP contribution in [0.5, 0.6) is 11.5 Å². The van der Waals surface area contributed by atoms with Crippen LogP contribution in [0.4, 0.5) is 0 Å². The molecule has 3 heterocycles. The van der Waals surface area contributed by atoms with Crippen molar-refractivity contribution in [2.45, 2.75) is 17.4 Å². The van der Waals surface area contributed by atoms with Crippen LogP contribution >= 0.6 is 0 Å². The average Bonchev–Trinajstić information content (AvgIpc) is 2.82. The van der Waals surface area contributed by atoms with Crippen LogP contribution in [0.25, 0.3) is 0 Å². The normalized spacial score (nSPS) is 22.3. The second-order valence-corrected chi connectivity index (χ2v) is 9.44. The van der Waals surface area contributed by atoms with E-state index in [1.54, 1.807) is 4.90 Å². The van der Waals surface area contributed by atoms with Crippen molar-refractivity contribution in [1.29, 1.82) is 0 Å². The van der Waals surface area contributed by atoms with E-state index in [1.807, 2.05) is 0 Å². The van der Waals surface area contributed by atoms with Crippen LogP contribution in [0.2, 0.25) is 0 Å². The van der Waals surface area contributed by atoms with Crippen molar-refractivity contribution in [3.63, 3.8) is 0 Å². The standard InChI is InChI=1S/C20H29N3O7S/c24-20(23-8-12-28-13-9-23)19-15-29-18-14-16(2-3-17(18)30-19)31(25,26)21-4-1-5-22-6-10-27-11-7-22/h2-3,14,19,21H,1,4-13,15H2. The molecule has 1 atom stereocenters. The Morgan fingerprint density at radius 2 is 1.74 bits per heavy atom. The SMILES string of the molecule is O=C(C1COc2cc(S(=O)(=O)NCCCN3CCOCC3)ccc2O1)N1CCOCC1. The first-order valence-corrected chi connectivity index (χ1v) is 12.1. The van der Waals surface area contributed by atoms with E-state index in [0.29, 0.717) is 44.3 Å². The van der Waals surface area contributed by atoms with Crippen LogP contribution in [0.15, 0.2) is 23.1 Å². The Balaban J connectivity index is 1.31. The Labute approximate surface area is 182 Å². The molecule has 11 heteroatoms. The maximum atomic E-state index is 12.6. The molecule has 4 rings (SSSR count). The Morgan fingerprint density at radius 1 is 1.03 bits per heavy atom. The van der Waals surface area contributed by atoms with E-state index in [2.05, 4.69) is 9.62 Å². The topological polar surface area (TPSA) is 107 Å². The zero-order valence-corrected chi connectivity index (χ0v) is 18.3. The van der Waals surface area contributed by atoms with E-state index in [1.165, 1.54) is 18.2 Å². The number of benzene rings is 1. The number of sulfonamides is 1. The van der Waals surface area contributed by atoms with Gasteiger partial charge in [-0.15, -0.1) is 0 Å². The number of rotatable bonds is 7. The van der Waals surface area contributed by atoms with Gasteiger partial charge in [-0.2, -0.15) is 0 Å². The number of hydrogen-bond acceptors (Lipinski definition) is 8. The van der Waals surface area contributed by atoms with Gasteiger partial charge < -0.3 is 23.8 Å². The Hall–Kier alpha value is -1.92. The number of carbonyl (C=O) groups is 1. The first-order chi connectivity index (χ1) is 15.0. The molecule has 0 saturated carbocycles. The van der Waals surface area contributed by atoms with Crippen molar-refractivity contribution >= 4 is 15.9 Å². The van der Waals surface area contributed by atoms with Crippen molar-refractivity contribution in [3.8, 4) is 11.5 Å². The summed E-state index contributed by atoms with van der Waals surface area (Å²) in [5, 5.41) is 0. The van der Waals surface area contributed by atoms with E-state index in [0.717, 1.165) is 39.3 Å². The van der Waals surface area contributed by atoms with Gasteiger partial charge in [0.15, 0.2) is 11.5 Å². The molecule has 1 N–H and O–H groups in total.